The van der Waals surface area contributed by atoms with Crippen molar-refractivity contribution in [2.24, 2.45) is 0 Å². The second-order valence-electron chi connectivity index (χ2n) is 2.76. The molecule has 0 aromatic rings. The molecule has 0 bridgehead atoms. The molecule has 1 heterocycles. The summed E-state index contributed by atoms with van der Waals surface area (Å²) in [5.74, 6) is 2.60. The third-order valence-corrected chi connectivity index (χ3v) is 3.01. The number of rotatable bonds is 2. The largest absolute Gasteiger partial charge is 0.298 e. The normalized spacial score (nSPS) is 21.2. The van der Waals surface area contributed by atoms with Gasteiger partial charge in [0.25, 0.3) is 0 Å². The molecule has 64 valence electrons. The first kappa shape index (κ1) is 9.62. The second-order valence-corrected chi connectivity index (χ2v) is 5.11. The topological polar surface area (TPSA) is 3.24 Å². The van der Waals surface area contributed by atoms with Gasteiger partial charge in [0, 0.05) is 23.3 Å². The van der Waals surface area contributed by atoms with Crippen LogP contribution in [-0.4, -0.2) is 36.0 Å². The van der Waals surface area contributed by atoms with Gasteiger partial charge in [-0.3, -0.25) is 4.90 Å². The minimum atomic E-state index is 1.01. The zero-order valence-electron chi connectivity index (χ0n) is 6.68. The quantitative estimate of drug-likeness (QED) is 0.724. The van der Waals surface area contributed by atoms with Crippen molar-refractivity contribution in [3.8, 4) is 0 Å². The van der Waals surface area contributed by atoms with Crippen molar-refractivity contribution in [2.45, 2.75) is 6.42 Å². The van der Waals surface area contributed by atoms with Gasteiger partial charge in [-0.2, -0.15) is 11.8 Å². The molecule has 1 fully saturated rings. The van der Waals surface area contributed by atoms with Gasteiger partial charge in [0.05, 0.1) is 0 Å². The summed E-state index contributed by atoms with van der Waals surface area (Å²) in [4.78, 5) is 2.46. The third kappa shape index (κ3) is 4.19. The molecular weight excluding hydrogens is 222 g/mol. The molecule has 0 saturated carbocycles. The van der Waals surface area contributed by atoms with E-state index in [2.05, 4.69) is 39.2 Å². The van der Waals surface area contributed by atoms with Crippen molar-refractivity contribution in [3.05, 3.63) is 11.1 Å². The lowest BCUT2D eigenvalue weighted by atomic mass is 10.4. The number of halogens is 1. The van der Waals surface area contributed by atoms with Gasteiger partial charge in [-0.15, -0.1) is 0 Å². The smallest absolute Gasteiger partial charge is 0.0294 e. The summed E-state index contributed by atoms with van der Waals surface area (Å²) in [6.45, 7) is 7.31. The van der Waals surface area contributed by atoms with E-state index in [0.717, 1.165) is 11.0 Å². The van der Waals surface area contributed by atoms with Crippen LogP contribution in [0, 0.1) is 0 Å². The average molecular weight is 236 g/mol. The van der Waals surface area contributed by atoms with Gasteiger partial charge in [-0.05, 0) is 18.7 Å². The van der Waals surface area contributed by atoms with Gasteiger partial charge in [-0.1, -0.05) is 22.5 Å². The number of thioether (sulfide) groups is 1. The molecule has 0 aliphatic carbocycles. The Morgan fingerprint density at radius 1 is 1.45 bits per heavy atom. The SMILES string of the molecule is C=C(Br)CN1CCCSCC1. The summed E-state index contributed by atoms with van der Waals surface area (Å²) in [6, 6.07) is 0. The Bertz CT molecular complexity index is 130. The van der Waals surface area contributed by atoms with Gasteiger partial charge in [0.2, 0.25) is 0 Å². The highest BCUT2D eigenvalue weighted by molar-refractivity contribution is 9.11. The minimum absolute atomic E-state index is 1.01. The molecule has 0 unspecified atom stereocenters. The van der Waals surface area contributed by atoms with E-state index in [4.69, 9.17) is 0 Å². The maximum Gasteiger partial charge on any atom is 0.0294 e. The zero-order chi connectivity index (χ0) is 8.10. The van der Waals surface area contributed by atoms with E-state index in [1.807, 2.05) is 0 Å². The molecule has 1 aliphatic rings. The second kappa shape index (κ2) is 5.22. The van der Waals surface area contributed by atoms with E-state index in [1.54, 1.807) is 0 Å². The van der Waals surface area contributed by atoms with E-state index in [0.29, 0.717) is 0 Å². The van der Waals surface area contributed by atoms with Gasteiger partial charge >= 0.3 is 0 Å². The van der Waals surface area contributed by atoms with Crippen LogP contribution in [0.4, 0.5) is 0 Å². The minimum Gasteiger partial charge on any atom is -0.298 e. The van der Waals surface area contributed by atoms with Crippen LogP contribution in [-0.2, 0) is 0 Å². The molecular formula is C8H14BrNS. The molecule has 0 aromatic carbocycles. The zero-order valence-corrected chi connectivity index (χ0v) is 9.09. The summed E-state index contributed by atoms with van der Waals surface area (Å²) in [7, 11) is 0. The highest BCUT2D eigenvalue weighted by Gasteiger charge is 2.08. The fourth-order valence-electron chi connectivity index (χ4n) is 1.20. The number of hydrogen-bond acceptors (Lipinski definition) is 2. The monoisotopic (exact) mass is 235 g/mol. The first-order valence-corrected chi connectivity index (χ1v) is 5.87. The lowest BCUT2D eigenvalue weighted by Crippen LogP contribution is -2.26. The van der Waals surface area contributed by atoms with E-state index in [-0.39, 0.29) is 0 Å². The molecule has 3 heteroatoms. The third-order valence-electron chi connectivity index (χ3n) is 1.71. The number of nitrogens with zero attached hydrogens (tertiary/aromatic N) is 1. The molecule has 0 radical (unpaired) electrons. The summed E-state index contributed by atoms with van der Waals surface area (Å²) >= 11 is 5.45. The van der Waals surface area contributed by atoms with Crippen LogP contribution in [0.1, 0.15) is 6.42 Å². The molecule has 1 rings (SSSR count). The van der Waals surface area contributed by atoms with Crippen molar-refractivity contribution in [1.82, 2.24) is 4.90 Å². The summed E-state index contributed by atoms with van der Waals surface area (Å²) < 4.78 is 1.10. The van der Waals surface area contributed by atoms with Gasteiger partial charge in [0.15, 0.2) is 0 Å². The molecule has 0 N–H and O–H groups in total. The Morgan fingerprint density at radius 2 is 2.27 bits per heavy atom. The summed E-state index contributed by atoms with van der Waals surface area (Å²) in [6.07, 6.45) is 1.32. The van der Waals surface area contributed by atoms with Crippen LogP contribution in [0.3, 0.4) is 0 Å². The highest BCUT2D eigenvalue weighted by Crippen LogP contribution is 2.12. The van der Waals surface area contributed by atoms with Crippen molar-refractivity contribution in [2.75, 3.05) is 31.1 Å². The maximum absolute atomic E-state index is 3.85. The highest BCUT2D eigenvalue weighted by atomic mass is 79.9. The van der Waals surface area contributed by atoms with E-state index >= 15 is 0 Å². The first-order chi connectivity index (χ1) is 5.29. The summed E-state index contributed by atoms with van der Waals surface area (Å²) in [5, 5.41) is 0. The molecule has 11 heavy (non-hydrogen) atoms. The van der Waals surface area contributed by atoms with Gasteiger partial charge in [0.1, 0.15) is 0 Å². The van der Waals surface area contributed by atoms with E-state index in [9.17, 15) is 0 Å². The van der Waals surface area contributed by atoms with Crippen LogP contribution < -0.4 is 0 Å². The lowest BCUT2D eigenvalue weighted by molar-refractivity contribution is 0.326. The predicted molar refractivity (Wildman–Crippen MR) is 56.4 cm³/mol. The van der Waals surface area contributed by atoms with Crippen LogP contribution >= 0.6 is 27.7 Å². The Balaban J connectivity index is 2.25. The fourth-order valence-corrected chi connectivity index (χ4v) is 2.48. The van der Waals surface area contributed by atoms with Crippen LogP contribution in [0.25, 0.3) is 0 Å². The van der Waals surface area contributed by atoms with Crippen LogP contribution in [0.2, 0.25) is 0 Å². The van der Waals surface area contributed by atoms with Crippen LogP contribution in [0.5, 0.6) is 0 Å². The first-order valence-electron chi connectivity index (χ1n) is 3.92. The van der Waals surface area contributed by atoms with Crippen molar-refractivity contribution in [3.63, 3.8) is 0 Å². The lowest BCUT2D eigenvalue weighted by Gasteiger charge is -2.18. The van der Waals surface area contributed by atoms with Crippen molar-refractivity contribution >= 4 is 27.7 Å². The predicted octanol–water partition coefficient (Wildman–Crippen LogP) is 2.33. The Kier molecular flexibility index (Phi) is 4.57. The van der Waals surface area contributed by atoms with Crippen molar-refractivity contribution < 1.29 is 0 Å². The van der Waals surface area contributed by atoms with E-state index in [1.165, 1.54) is 31.0 Å². The van der Waals surface area contributed by atoms with Gasteiger partial charge in [-0.25, -0.2) is 0 Å². The van der Waals surface area contributed by atoms with Crippen molar-refractivity contribution in [1.29, 1.82) is 0 Å². The fraction of sp³-hybridized carbons (Fsp3) is 0.750. The average Bonchev–Trinajstić information content (AvgIpc) is 2.14. The Labute approximate surface area is 81.3 Å². The van der Waals surface area contributed by atoms with E-state index < -0.39 is 0 Å². The Hall–Kier alpha value is 0.530. The van der Waals surface area contributed by atoms with Gasteiger partial charge < -0.3 is 0 Å². The standard InChI is InChI=1S/C8H14BrNS/c1-8(9)7-10-3-2-5-11-6-4-10/h1-7H2. The molecule has 1 aliphatic heterocycles. The number of hydrogen-bond donors (Lipinski definition) is 0. The van der Waals surface area contributed by atoms with Crippen LogP contribution in [0.15, 0.2) is 11.1 Å². The molecule has 0 spiro atoms. The molecule has 0 atom stereocenters. The molecule has 1 nitrogen and oxygen atoms in total. The summed E-state index contributed by atoms with van der Waals surface area (Å²) in [5.41, 5.74) is 0. The maximum atomic E-state index is 3.85. The molecule has 1 saturated heterocycles. The molecule has 0 amide bonds. The molecule has 0 aromatic heterocycles. The Morgan fingerprint density at radius 3 is 3.00 bits per heavy atom.